The van der Waals surface area contributed by atoms with Crippen LogP contribution in [0.15, 0.2) is 182 Å². The average Bonchev–Trinajstić information content (AvgIpc) is 3.23. The molecule has 10 aromatic rings. The van der Waals surface area contributed by atoms with Crippen molar-refractivity contribution >= 4 is 43.2 Å². The van der Waals surface area contributed by atoms with Crippen molar-refractivity contribution in [3.8, 4) is 56.5 Å². The number of pyridine rings is 1. The van der Waals surface area contributed by atoms with Gasteiger partial charge in [0.05, 0.1) is 11.2 Å². The number of fused-ring (bicyclic) bond motifs is 5. The van der Waals surface area contributed by atoms with E-state index in [-0.39, 0.29) is 0 Å². The van der Waals surface area contributed by atoms with Crippen LogP contribution in [0.3, 0.4) is 0 Å². The van der Waals surface area contributed by atoms with Gasteiger partial charge in [-0.15, -0.1) is 0 Å². The third-order valence-electron chi connectivity index (χ3n) is 9.90. The van der Waals surface area contributed by atoms with Crippen LogP contribution >= 0.6 is 0 Å². The van der Waals surface area contributed by atoms with Crippen LogP contribution in [0.2, 0.25) is 0 Å². The Kier molecular flexibility index (Phi) is 7.10. The zero-order chi connectivity index (χ0) is 34.4. The SMILES string of the molecule is c1ccc(-c2cc(-c3cccc(-c4nc(-c5cccc6ccccc56)nc(-c5cccc6ccccc56)n4)c3)c3c(ccc4ccccc43)n2)cc1. The minimum Gasteiger partial charge on any atom is -0.248 e. The fraction of sp³-hybridized carbons (Fsp3) is 0. The number of rotatable bonds is 5. The van der Waals surface area contributed by atoms with Crippen molar-refractivity contribution in [1.29, 1.82) is 0 Å². The molecule has 52 heavy (non-hydrogen) atoms. The molecule has 242 valence electrons. The Bertz CT molecular complexity index is 2860. The first-order chi connectivity index (χ1) is 25.8. The van der Waals surface area contributed by atoms with Crippen LogP contribution in [0.1, 0.15) is 0 Å². The summed E-state index contributed by atoms with van der Waals surface area (Å²) in [6, 6.07) is 63.4. The second-order valence-corrected chi connectivity index (χ2v) is 13.0. The molecular weight excluding hydrogens is 633 g/mol. The van der Waals surface area contributed by atoms with Crippen molar-refractivity contribution in [1.82, 2.24) is 19.9 Å². The van der Waals surface area contributed by atoms with Crippen LogP contribution in [-0.2, 0) is 0 Å². The van der Waals surface area contributed by atoms with Crippen LogP contribution in [0.25, 0.3) is 99.8 Å². The molecule has 0 unspecified atom stereocenters. The van der Waals surface area contributed by atoms with Gasteiger partial charge in [-0.3, -0.25) is 0 Å². The summed E-state index contributed by atoms with van der Waals surface area (Å²) >= 11 is 0. The minimum absolute atomic E-state index is 0.620. The summed E-state index contributed by atoms with van der Waals surface area (Å²) in [6.07, 6.45) is 0. The van der Waals surface area contributed by atoms with E-state index in [1.54, 1.807) is 0 Å². The highest BCUT2D eigenvalue weighted by atomic mass is 15.0. The van der Waals surface area contributed by atoms with E-state index in [0.717, 1.165) is 71.5 Å². The maximum atomic E-state index is 5.21. The van der Waals surface area contributed by atoms with Gasteiger partial charge >= 0.3 is 0 Å². The van der Waals surface area contributed by atoms with E-state index >= 15 is 0 Å². The maximum absolute atomic E-state index is 5.21. The zero-order valence-electron chi connectivity index (χ0n) is 28.1. The monoisotopic (exact) mass is 662 g/mol. The van der Waals surface area contributed by atoms with Crippen molar-refractivity contribution in [2.45, 2.75) is 0 Å². The van der Waals surface area contributed by atoms with Gasteiger partial charge in [-0.1, -0.05) is 164 Å². The highest BCUT2D eigenvalue weighted by molar-refractivity contribution is 6.14. The fourth-order valence-corrected chi connectivity index (χ4v) is 7.40. The van der Waals surface area contributed by atoms with E-state index < -0.39 is 0 Å². The molecule has 10 rings (SSSR count). The summed E-state index contributed by atoms with van der Waals surface area (Å²) in [7, 11) is 0. The van der Waals surface area contributed by atoms with E-state index in [1.807, 2.05) is 6.07 Å². The molecule has 0 aliphatic carbocycles. The van der Waals surface area contributed by atoms with Crippen molar-refractivity contribution in [3.05, 3.63) is 182 Å². The van der Waals surface area contributed by atoms with E-state index in [4.69, 9.17) is 19.9 Å². The van der Waals surface area contributed by atoms with Gasteiger partial charge in [0.25, 0.3) is 0 Å². The van der Waals surface area contributed by atoms with Crippen LogP contribution in [0.4, 0.5) is 0 Å². The summed E-state index contributed by atoms with van der Waals surface area (Å²) < 4.78 is 0. The first kappa shape index (κ1) is 29.8. The van der Waals surface area contributed by atoms with Crippen LogP contribution in [0, 0.1) is 0 Å². The number of benzene rings is 8. The van der Waals surface area contributed by atoms with Gasteiger partial charge < -0.3 is 0 Å². The van der Waals surface area contributed by atoms with Gasteiger partial charge in [0.15, 0.2) is 17.5 Å². The molecule has 4 nitrogen and oxygen atoms in total. The molecule has 0 radical (unpaired) electrons. The third kappa shape index (κ3) is 5.17. The Morgan fingerprint density at radius 1 is 0.288 bits per heavy atom. The van der Waals surface area contributed by atoms with E-state index in [0.29, 0.717) is 17.5 Å². The van der Waals surface area contributed by atoms with E-state index in [9.17, 15) is 0 Å². The summed E-state index contributed by atoms with van der Waals surface area (Å²) in [6.45, 7) is 0. The Balaban J connectivity index is 1.22. The first-order valence-corrected chi connectivity index (χ1v) is 17.5. The molecule has 0 saturated heterocycles. The third-order valence-corrected chi connectivity index (χ3v) is 9.90. The Morgan fingerprint density at radius 3 is 1.46 bits per heavy atom. The molecule has 0 bridgehead atoms. The molecule has 0 aliphatic rings. The Hall–Kier alpha value is -7.04. The Labute approximate surface area is 300 Å². The molecule has 0 saturated carbocycles. The maximum Gasteiger partial charge on any atom is 0.164 e. The molecule has 0 spiro atoms. The molecular formula is C48H30N4. The summed E-state index contributed by atoms with van der Waals surface area (Å²) in [5.41, 5.74) is 7.99. The average molecular weight is 663 g/mol. The van der Waals surface area contributed by atoms with Crippen LogP contribution < -0.4 is 0 Å². The van der Waals surface area contributed by atoms with E-state index in [1.165, 1.54) is 10.8 Å². The summed E-state index contributed by atoms with van der Waals surface area (Å²) in [4.78, 5) is 20.8. The molecule has 2 heterocycles. The van der Waals surface area contributed by atoms with Crippen molar-refractivity contribution in [2.24, 2.45) is 0 Å². The molecule has 0 amide bonds. The highest BCUT2D eigenvalue weighted by Gasteiger charge is 2.18. The largest absolute Gasteiger partial charge is 0.248 e. The number of nitrogens with zero attached hydrogens (tertiary/aromatic N) is 4. The first-order valence-electron chi connectivity index (χ1n) is 17.5. The second kappa shape index (κ2) is 12.4. The van der Waals surface area contributed by atoms with Gasteiger partial charge in [0.1, 0.15) is 0 Å². The number of hydrogen-bond acceptors (Lipinski definition) is 4. The molecule has 0 fully saturated rings. The minimum atomic E-state index is 0.620. The molecule has 2 aromatic heterocycles. The predicted octanol–water partition coefficient (Wildman–Crippen LogP) is 12.2. The molecule has 8 aromatic carbocycles. The van der Waals surface area contributed by atoms with Gasteiger partial charge in [0.2, 0.25) is 0 Å². The summed E-state index contributed by atoms with van der Waals surface area (Å²) in [5, 5.41) is 7.95. The number of hydrogen-bond donors (Lipinski definition) is 0. The lowest BCUT2D eigenvalue weighted by atomic mass is 9.93. The smallest absolute Gasteiger partial charge is 0.164 e. The van der Waals surface area contributed by atoms with Gasteiger partial charge in [-0.25, -0.2) is 19.9 Å². The topological polar surface area (TPSA) is 51.6 Å². The van der Waals surface area contributed by atoms with Crippen molar-refractivity contribution in [3.63, 3.8) is 0 Å². The predicted molar refractivity (Wildman–Crippen MR) is 215 cm³/mol. The quantitative estimate of drug-likeness (QED) is 0.172. The molecule has 0 aliphatic heterocycles. The zero-order valence-corrected chi connectivity index (χ0v) is 28.1. The van der Waals surface area contributed by atoms with Crippen LogP contribution in [0.5, 0.6) is 0 Å². The van der Waals surface area contributed by atoms with Crippen LogP contribution in [-0.4, -0.2) is 19.9 Å². The Morgan fingerprint density at radius 2 is 0.788 bits per heavy atom. The van der Waals surface area contributed by atoms with Gasteiger partial charge in [-0.05, 0) is 61.6 Å². The second-order valence-electron chi connectivity index (χ2n) is 13.0. The molecule has 4 heteroatoms. The fourth-order valence-electron chi connectivity index (χ4n) is 7.40. The normalized spacial score (nSPS) is 11.5. The molecule has 0 N–H and O–H groups in total. The lowest BCUT2D eigenvalue weighted by Gasteiger charge is -2.14. The highest BCUT2D eigenvalue weighted by Crippen LogP contribution is 2.38. The lowest BCUT2D eigenvalue weighted by molar-refractivity contribution is 1.08. The summed E-state index contributed by atoms with van der Waals surface area (Å²) in [5.74, 6) is 1.90. The van der Waals surface area contributed by atoms with Crippen molar-refractivity contribution in [2.75, 3.05) is 0 Å². The lowest BCUT2D eigenvalue weighted by Crippen LogP contribution is -2.01. The van der Waals surface area contributed by atoms with E-state index in [2.05, 4.69) is 176 Å². The number of aromatic nitrogens is 4. The van der Waals surface area contributed by atoms with Crippen molar-refractivity contribution < 1.29 is 0 Å². The molecule has 0 atom stereocenters. The standard InChI is InChI=1S/C48H30N4/c1-2-16-34(17-3-1)44-30-42(45-39-24-9-6-15-33(39)27-28-43(45)49-44)35-20-10-21-36(29-35)46-50-47(40-25-11-18-31-13-4-7-22-37(31)40)52-48(51-46)41-26-12-19-32-14-5-8-23-38(32)41/h1-30H. The van der Waals surface area contributed by atoms with Gasteiger partial charge in [0, 0.05) is 27.6 Å². The van der Waals surface area contributed by atoms with Gasteiger partial charge in [-0.2, -0.15) is 0 Å².